The number of para-hydroxylation sites is 1. The number of carbonyl (C=O) groups is 1. The number of sulfonamides is 1. The maximum Gasteiger partial charge on any atom is 0.262 e. The molecule has 7 nitrogen and oxygen atoms in total. The maximum absolute atomic E-state index is 12.7. The van der Waals surface area contributed by atoms with Gasteiger partial charge in [-0.3, -0.25) is 4.79 Å². The van der Waals surface area contributed by atoms with Crippen molar-refractivity contribution in [3.05, 3.63) is 54.1 Å². The number of morpholine rings is 1. The van der Waals surface area contributed by atoms with Crippen molar-refractivity contribution in [1.29, 1.82) is 0 Å². The summed E-state index contributed by atoms with van der Waals surface area (Å²) in [5.41, 5.74) is 1.34. The average molecular weight is 390 g/mol. The normalized spacial score (nSPS) is 15.3. The van der Waals surface area contributed by atoms with E-state index >= 15 is 0 Å². The van der Waals surface area contributed by atoms with Gasteiger partial charge in [-0.15, -0.1) is 0 Å². The molecule has 1 amide bonds. The largest absolute Gasteiger partial charge is 0.483 e. The Morgan fingerprint density at radius 1 is 1.15 bits per heavy atom. The average Bonchev–Trinajstić information content (AvgIpc) is 2.68. The van der Waals surface area contributed by atoms with Crippen LogP contribution in [0.4, 0.5) is 5.69 Å². The van der Waals surface area contributed by atoms with Gasteiger partial charge < -0.3 is 14.8 Å². The summed E-state index contributed by atoms with van der Waals surface area (Å²) in [7, 11) is -3.55. The first-order valence-electron chi connectivity index (χ1n) is 8.63. The molecule has 1 aliphatic heterocycles. The van der Waals surface area contributed by atoms with E-state index in [2.05, 4.69) is 5.32 Å². The lowest BCUT2D eigenvalue weighted by molar-refractivity contribution is -0.118. The fraction of sp³-hybridized carbons (Fsp3) is 0.316. The lowest BCUT2D eigenvalue weighted by Crippen LogP contribution is -2.40. The van der Waals surface area contributed by atoms with Gasteiger partial charge in [0, 0.05) is 18.8 Å². The van der Waals surface area contributed by atoms with Crippen molar-refractivity contribution in [3.8, 4) is 5.75 Å². The second-order valence-electron chi connectivity index (χ2n) is 6.15. The lowest BCUT2D eigenvalue weighted by Gasteiger charge is -2.26. The minimum Gasteiger partial charge on any atom is -0.483 e. The van der Waals surface area contributed by atoms with Crippen LogP contribution in [0.2, 0.25) is 0 Å². The molecule has 1 N–H and O–H groups in total. The Hall–Kier alpha value is -2.42. The number of hydrogen-bond acceptors (Lipinski definition) is 5. The van der Waals surface area contributed by atoms with Crippen LogP contribution in [0, 0.1) is 6.92 Å². The topological polar surface area (TPSA) is 84.9 Å². The van der Waals surface area contributed by atoms with E-state index in [0.717, 1.165) is 0 Å². The van der Waals surface area contributed by atoms with Gasteiger partial charge in [-0.1, -0.05) is 18.2 Å². The molecule has 0 unspecified atom stereocenters. The van der Waals surface area contributed by atoms with Gasteiger partial charge in [0.1, 0.15) is 5.75 Å². The molecule has 3 rings (SSSR count). The summed E-state index contributed by atoms with van der Waals surface area (Å²) in [6.45, 7) is 3.08. The van der Waals surface area contributed by atoms with Gasteiger partial charge in [0.25, 0.3) is 5.91 Å². The molecule has 1 aliphatic rings. The monoisotopic (exact) mass is 390 g/mol. The molecule has 0 spiro atoms. The molecule has 1 saturated heterocycles. The fourth-order valence-electron chi connectivity index (χ4n) is 2.74. The first-order valence-corrected chi connectivity index (χ1v) is 10.1. The molecule has 0 saturated carbocycles. The highest BCUT2D eigenvalue weighted by atomic mass is 32.2. The van der Waals surface area contributed by atoms with Crippen LogP contribution in [0.25, 0.3) is 0 Å². The number of aryl methyl sites for hydroxylation is 1. The minimum atomic E-state index is -3.55. The van der Waals surface area contributed by atoms with Gasteiger partial charge in [-0.05, 0) is 42.8 Å². The molecule has 1 heterocycles. The standard InChI is InChI=1S/C19H22N2O5S/c1-15-13-17(27(23,24)21-9-11-25-12-10-21)7-8-18(15)26-14-19(22)20-16-5-3-2-4-6-16/h2-8,13H,9-12,14H2,1H3,(H,20,22). The summed E-state index contributed by atoms with van der Waals surface area (Å²) in [5.74, 6) is 0.185. The van der Waals surface area contributed by atoms with E-state index < -0.39 is 10.0 Å². The van der Waals surface area contributed by atoms with Crippen molar-refractivity contribution in [2.75, 3.05) is 38.2 Å². The van der Waals surface area contributed by atoms with E-state index in [0.29, 0.717) is 43.3 Å². The van der Waals surface area contributed by atoms with Crippen molar-refractivity contribution in [1.82, 2.24) is 4.31 Å². The van der Waals surface area contributed by atoms with Gasteiger partial charge >= 0.3 is 0 Å². The molecule has 1 fully saturated rings. The Bertz CT molecular complexity index is 894. The van der Waals surface area contributed by atoms with Crippen LogP contribution >= 0.6 is 0 Å². The van der Waals surface area contributed by atoms with E-state index in [-0.39, 0.29) is 17.4 Å². The summed E-state index contributed by atoms with van der Waals surface area (Å²) in [4.78, 5) is 12.2. The van der Waals surface area contributed by atoms with Crippen molar-refractivity contribution in [2.24, 2.45) is 0 Å². The summed E-state index contributed by atoms with van der Waals surface area (Å²) in [6, 6.07) is 13.7. The van der Waals surface area contributed by atoms with Crippen molar-refractivity contribution >= 4 is 21.6 Å². The lowest BCUT2D eigenvalue weighted by atomic mass is 10.2. The Balaban J connectivity index is 1.63. The van der Waals surface area contributed by atoms with Crippen LogP contribution in [0.15, 0.2) is 53.4 Å². The van der Waals surface area contributed by atoms with Crippen LogP contribution in [-0.2, 0) is 19.6 Å². The third-order valence-electron chi connectivity index (χ3n) is 4.17. The zero-order valence-corrected chi connectivity index (χ0v) is 15.9. The highest BCUT2D eigenvalue weighted by Gasteiger charge is 2.26. The Morgan fingerprint density at radius 2 is 1.85 bits per heavy atom. The summed E-state index contributed by atoms with van der Waals surface area (Å²) < 4.78 is 37.5. The Kier molecular flexibility index (Phi) is 6.10. The number of amides is 1. The third kappa shape index (κ3) is 4.85. The number of benzene rings is 2. The minimum absolute atomic E-state index is 0.161. The zero-order valence-electron chi connectivity index (χ0n) is 15.1. The van der Waals surface area contributed by atoms with Gasteiger partial charge in [0.15, 0.2) is 6.61 Å². The molecule has 2 aromatic carbocycles. The van der Waals surface area contributed by atoms with E-state index in [4.69, 9.17) is 9.47 Å². The van der Waals surface area contributed by atoms with Crippen LogP contribution in [0.1, 0.15) is 5.56 Å². The van der Waals surface area contributed by atoms with Crippen molar-refractivity contribution in [3.63, 3.8) is 0 Å². The van der Waals surface area contributed by atoms with Crippen molar-refractivity contribution < 1.29 is 22.7 Å². The number of carbonyl (C=O) groups excluding carboxylic acids is 1. The Labute approximate surface area is 158 Å². The second kappa shape index (κ2) is 8.51. The molecule has 0 aromatic heterocycles. The smallest absolute Gasteiger partial charge is 0.262 e. The van der Waals surface area contributed by atoms with E-state index in [1.165, 1.54) is 10.4 Å². The van der Waals surface area contributed by atoms with Gasteiger partial charge in [-0.25, -0.2) is 8.42 Å². The molecule has 0 bridgehead atoms. The number of anilines is 1. The molecule has 0 atom stereocenters. The second-order valence-corrected chi connectivity index (χ2v) is 8.08. The first-order chi connectivity index (χ1) is 13.0. The highest BCUT2D eigenvalue weighted by Crippen LogP contribution is 2.24. The molecule has 0 aliphatic carbocycles. The quantitative estimate of drug-likeness (QED) is 0.816. The molecule has 0 radical (unpaired) electrons. The van der Waals surface area contributed by atoms with Crippen LogP contribution in [0.3, 0.4) is 0 Å². The predicted octanol–water partition coefficient (Wildman–Crippen LogP) is 2.03. The molecule has 8 heteroatoms. The van der Waals surface area contributed by atoms with Gasteiger partial charge in [0.2, 0.25) is 10.0 Å². The molecule has 144 valence electrons. The molecular weight excluding hydrogens is 368 g/mol. The van der Waals surface area contributed by atoms with Gasteiger partial charge in [-0.2, -0.15) is 4.31 Å². The van der Waals surface area contributed by atoms with Crippen LogP contribution < -0.4 is 10.1 Å². The fourth-order valence-corrected chi connectivity index (χ4v) is 4.24. The maximum atomic E-state index is 12.7. The first kappa shape index (κ1) is 19.3. The summed E-state index contributed by atoms with van der Waals surface area (Å²) >= 11 is 0. The Morgan fingerprint density at radius 3 is 2.52 bits per heavy atom. The third-order valence-corrected chi connectivity index (χ3v) is 6.07. The van der Waals surface area contributed by atoms with E-state index in [1.807, 2.05) is 18.2 Å². The van der Waals surface area contributed by atoms with Crippen LogP contribution in [-0.4, -0.2) is 51.5 Å². The predicted molar refractivity (Wildman–Crippen MR) is 101 cm³/mol. The number of ether oxygens (including phenoxy) is 2. The number of nitrogens with one attached hydrogen (secondary N) is 1. The summed E-state index contributed by atoms with van der Waals surface area (Å²) in [5, 5.41) is 2.73. The van der Waals surface area contributed by atoms with E-state index in [9.17, 15) is 13.2 Å². The molecular formula is C19H22N2O5S. The van der Waals surface area contributed by atoms with Crippen molar-refractivity contribution in [2.45, 2.75) is 11.8 Å². The number of nitrogens with zero attached hydrogens (tertiary/aromatic N) is 1. The number of hydrogen-bond donors (Lipinski definition) is 1. The van der Waals surface area contributed by atoms with E-state index in [1.54, 1.807) is 31.2 Å². The summed E-state index contributed by atoms with van der Waals surface area (Å²) in [6.07, 6.45) is 0. The van der Waals surface area contributed by atoms with Gasteiger partial charge in [0.05, 0.1) is 18.1 Å². The zero-order chi connectivity index (χ0) is 19.3. The molecule has 2 aromatic rings. The highest BCUT2D eigenvalue weighted by molar-refractivity contribution is 7.89. The molecule has 27 heavy (non-hydrogen) atoms. The van der Waals surface area contributed by atoms with Crippen LogP contribution in [0.5, 0.6) is 5.75 Å². The SMILES string of the molecule is Cc1cc(S(=O)(=O)N2CCOCC2)ccc1OCC(=O)Nc1ccccc1. The number of rotatable bonds is 6.